The lowest BCUT2D eigenvalue weighted by molar-refractivity contribution is 0.0957. The van der Waals surface area contributed by atoms with E-state index in [-0.39, 0.29) is 5.91 Å². The number of halogens is 1. The summed E-state index contributed by atoms with van der Waals surface area (Å²) in [6.07, 6.45) is 2.09. The van der Waals surface area contributed by atoms with E-state index in [0.717, 1.165) is 22.9 Å². The molecule has 0 aliphatic heterocycles. The molecule has 0 radical (unpaired) electrons. The highest BCUT2D eigenvalue weighted by atomic mass is 35.5. The zero-order chi connectivity index (χ0) is 14.7. The SMILES string of the molecule is CC(C)CCCNC(=O)c1sc2cccc(Cl)c2c1N. The monoisotopic (exact) mass is 310 g/mol. The molecule has 0 saturated heterocycles. The van der Waals surface area contributed by atoms with Gasteiger partial charge in [0.25, 0.3) is 5.91 Å². The Kier molecular flexibility index (Phi) is 4.89. The number of hydrogen-bond acceptors (Lipinski definition) is 3. The van der Waals surface area contributed by atoms with Crippen molar-refractivity contribution in [2.75, 3.05) is 12.3 Å². The Labute approximate surface area is 128 Å². The van der Waals surface area contributed by atoms with Crippen molar-refractivity contribution in [1.29, 1.82) is 0 Å². The van der Waals surface area contributed by atoms with Gasteiger partial charge in [-0.05, 0) is 30.9 Å². The van der Waals surface area contributed by atoms with Gasteiger partial charge in [0.2, 0.25) is 0 Å². The fourth-order valence-corrected chi connectivity index (χ4v) is 3.49. The van der Waals surface area contributed by atoms with Crippen molar-refractivity contribution in [2.24, 2.45) is 5.92 Å². The van der Waals surface area contributed by atoms with E-state index < -0.39 is 0 Å². The third kappa shape index (κ3) is 3.25. The van der Waals surface area contributed by atoms with E-state index in [0.29, 0.717) is 28.0 Å². The van der Waals surface area contributed by atoms with E-state index in [9.17, 15) is 4.79 Å². The Morgan fingerprint density at radius 1 is 1.45 bits per heavy atom. The number of carbonyl (C=O) groups excluding carboxylic acids is 1. The van der Waals surface area contributed by atoms with Crippen LogP contribution in [-0.2, 0) is 0 Å². The molecule has 0 aliphatic rings. The summed E-state index contributed by atoms with van der Waals surface area (Å²) >= 11 is 7.53. The predicted molar refractivity (Wildman–Crippen MR) is 87.7 cm³/mol. The van der Waals surface area contributed by atoms with E-state index in [4.69, 9.17) is 17.3 Å². The first-order valence-corrected chi connectivity index (χ1v) is 7.95. The van der Waals surface area contributed by atoms with Crippen LogP contribution < -0.4 is 11.1 Å². The highest BCUT2D eigenvalue weighted by Crippen LogP contribution is 2.37. The van der Waals surface area contributed by atoms with E-state index in [2.05, 4.69) is 19.2 Å². The number of nitrogens with two attached hydrogens (primary N) is 1. The number of amides is 1. The van der Waals surface area contributed by atoms with Crippen molar-refractivity contribution in [3.63, 3.8) is 0 Å². The van der Waals surface area contributed by atoms with E-state index in [1.54, 1.807) is 6.07 Å². The van der Waals surface area contributed by atoms with Crippen LogP contribution in [0.4, 0.5) is 5.69 Å². The molecule has 1 aromatic carbocycles. The molecule has 1 amide bonds. The molecule has 0 bridgehead atoms. The summed E-state index contributed by atoms with van der Waals surface area (Å²) in [7, 11) is 0. The van der Waals surface area contributed by atoms with Gasteiger partial charge in [-0.25, -0.2) is 0 Å². The van der Waals surface area contributed by atoms with Crippen molar-refractivity contribution < 1.29 is 4.79 Å². The molecular formula is C15H19ClN2OS. The van der Waals surface area contributed by atoms with Gasteiger partial charge in [0.1, 0.15) is 4.88 Å². The molecule has 1 aromatic heterocycles. The number of thiophene rings is 1. The van der Waals surface area contributed by atoms with Gasteiger partial charge in [-0.3, -0.25) is 4.79 Å². The molecule has 5 heteroatoms. The molecule has 108 valence electrons. The standard InChI is InChI=1S/C15H19ClN2OS/c1-9(2)5-4-8-18-15(19)14-13(17)12-10(16)6-3-7-11(12)20-14/h3,6-7,9H,4-5,8,17H2,1-2H3,(H,18,19). The van der Waals surface area contributed by atoms with Gasteiger partial charge in [0, 0.05) is 16.6 Å². The average molecular weight is 311 g/mol. The first kappa shape index (κ1) is 15.1. The van der Waals surface area contributed by atoms with Crippen molar-refractivity contribution in [3.8, 4) is 0 Å². The van der Waals surface area contributed by atoms with Gasteiger partial charge in [-0.1, -0.05) is 31.5 Å². The Balaban J connectivity index is 2.11. The molecular weight excluding hydrogens is 292 g/mol. The van der Waals surface area contributed by atoms with Gasteiger partial charge in [0.15, 0.2) is 0 Å². The normalized spacial score (nSPS) is 11.2. The Morgan fingerprint density at radius 3 is 2.85 bits per heavy atom. The van der Waals surface area contributed by atoms with Crippen LogP contribution in [0.25, 0.3) is 10.1 Å². The molecule has 0 aliphatic carbocycles. The molecule has 1 heterocycles. The minimum atomic E-state index is -0.108. The molecule has 0 saturated carbocycles. The maximum atomic E-state index is 12.2. The van der Waals surface area contributed by atoms with Crippen molar-refractivity contribution in [2.45, 2.75) is 26.7 Å². The molecule has 0 fully saturated rings. The summed E-state index contributed by atoms with van der Waals surface area (Å²) in [5, 5.41) is 4.30. The van der Waals surface area contributed by atoms with E-state index in [1.807, 2.05) is 12.1 Å². The highest BCUT2D eigenvalue weighted by Gasteiger charge is 2.17. The zero-order valence-corrected chi connectivity index (χ0v) is 13.3. The third-order valence-corrected chi connectivity index (χ3v) is 4.64. The van der Waals surface area contributed by atoms with E-state index in [1.165, 1.54) is 11.3 Å². The summed E-state index contributed by atoms with van der Waals surface area (Å²) < 4.78 is 0.947. The molecule has 3 nitrogen and oxygen atoms in total. The summed E-state index contributed by atoms with van der Waals surface area (Å²) in [6, 6.07) is 5.58. The van der Waals surface area contributed by atoms with Gasteiger partial charge in [-0.2, -0.15) is 0 Å². The second-order valence-corrected chi connectivity index (χ2v) is 6.71. The lowest BCUT2D eigenvalue weighted by Gasteiger charge is -2.06. The number of hydrogen-bond donors (Lipinski definition) is 2. The third-order valence-electron chi connectivity index (χ3n) is 3.15. The van der Waals surface area contributed by atoms with Gasteiger partial charge < -0.3 is 11.1 Å². The Morgan fingerprint density at radius 2 is 2.20 bits per heavy atom. The van der Waals surface area contributed by atoms with Crippen LogP contribution in [0.3, 0.4) is 0 Å². The second kappa shape index (κ2) is 6.46. The van der Waals surface area contributed by atoms with Crippen LogP contribution in [0, 0.1) is 5.92 Å². The lowest BCUT2D eigenvalue weighted by Crippen LogP contribution is -2.24. The maximum absolute atomic E-state index is 12.2. The number of rotatable bonds is 5. The predicted octanol–water partition coefficient (Wildman–Crippen LogP) is 4.30. The number of anilines is 1. The van der Waals surface area contributed by atoms with Crippen molar-refractivity contribution in [3.05, 3.63) is 28.1 Å². The van der Waals surface area contributed by atoms with Crippen LogP contribution in [0.15, 0.2) is 18.2 Å². The molecule has 0 unspecified atom stereocenters. The van der Waals surface area contributed by atoms with E-state index >= 15 is 0 Å². The lowest BCUT2D eigenvalue weighted by atomic mass is 10.1. The fraction of sp³-hybridized carbons (Fsp3) is 0.400. The number of benzene rings is 1. The summed E-state index contributed by atoms with van der Waals surface area (Å²) in [5.74, 6) is 0.545. The van der Waals surface area contributed by atoms with Gasteiger partial charge in [0.05, 0.1) is 10.7 Å². The number of fused-ring (bicyclic) bond motifs is 1. The Bertz CT molecular complexity index is 622. The van der Waals surface area contributed by atoms with Crippen LogP contribution in [-0.4, -0.2) is 12.5 Å². The van der Waals surface area contributed by atoms with Crippen LogP contribution >= 0.6 is 22.9 Å². The van der Waals surface area contributed by atoms with Crippen LogP contribution in [0.5, 0.6) is 0 Å². The summed E-state index contributed by atoms with van der Waals surface area (Å²) in [6.45, 7) is 5.03. The first-order chi connectivity index (χ1) is 9.50. The minimum Gasteiger partial charge on any atom is -0.397 e. The summed E-state index contributed by atoms with van der Waals surface area (Å²) in [5.41, 5.74) is 6.54. The Hall–Kier alpha value is -1.26. The minimum absolute atomic E-state index is 0.108. The second-order valence-electron chi connectivity index (χ2n) is 5.25. The van der Waals surface area contributed by atoms with Crippen LogP contribution in [0.1, 0.15) is 36.4 Å². The molecule has 0 atom stereocenters. The topological polar surface area (TPSA) is 55.1 Å². The van der Waals surface area contributed by atoms with Crippen molar-refractivity contribution in [1.82, 2.24) is 5.32 Å². The largest absolute Gasteiger partial charge is 0.397 e. The fourth-order valence-electron chi connectivity index (χ4n) is 2.09. The molecule has 20 heavy (non-hydrogen) atoms. The van der Waals surface area contributed by atoms with Gasteiger partial charge >= 0.3 is 0 Å². The highest BCUT2D eigenvalue weighted by molar-refractivity contribution is 7.21. The maximum Gasteiger partial charge on any atom is 0.263 e. The molecule has 2 rings (SSSR count). The smallest absolute Gasteiger partial charge is 0.263 e. The van der Waals surface area contributed by atoms with Gasteiger partial charge in [-0.15, -0.1) is 11.3 Å². The van der Waals surface area contributed by atoms with Crippen LogP contribution in [0.2, 0.25) is 5.02 Å². The quantitative estimate of drug-likeness (QED) is 0.809. The number of nitrogens with one attached hydrogen (secondary N) is 1. The molecule has 2 aromatic rings. The zero-order valence-electron chi connectivity index (χ0n) is 11.7. The average Bonchev–Trinajstić information content (AvgIpc) is 2.73. The molecule has 3 N–H and O–H groups in total. The first-order valence-electron chi connectivity index (χ1n) is 6.75. The molecule has 0 spiro atoms. The van der Waals surface area contributed by atoms with Crippen molar-refractivity contribution >= 4 is 44.6 Å². The number of nitrogen functional groups attached to an aromatic ring is 1. The number of carbonyl (C=O) groups is 1. The summed E-state index contributed by atoms with van der Waals surface area (Å²) in [4.78, 5) is 12.7.